The van der Waals surface area contributed by atoms with Crippen molar-refractivity contribution in [1.82, 2.24) is 0 Å². The van der Waals surface area contributed by atoms with E-state index in [1.165, 1.54) is 7.11 Å². The van der Waals surface area contributed by atoms with Crippen LogP contribution in [0.3, 0.4) is 0 Å². The van der Waals surface area contributed by atoms with E-state index in [1.807, 2.05) is 0 Å². The highest BCUT2D eigenvalue weighted by Crippen LogP contribution is 2.33. The summed E-state index contributed by atoms with van der Waals surface area (Å²) in [6.07, 6.45) is 1.70. The number of carbonyl (C=O) groups is 1. The minimum atomic E-state index is -3.64. The van der Waals surface area contributed by atoms with Crippen LogP contribution >= 0.6 is 10.7 Å². The van der Waals surface area contributed by atoms with Crippen molar-refractivity contribution >= 4 is 25.7 Å². The third-order valence-corrected chi connectivity index (χ3v) is 4.29. The summed E-state index contributed by atoms with van der Waals surface area (Å²) in [4.78, 5) is 11.1. The van der Waals surface area contributed by atoms with Gasteiger partial charge in [0.25, 0.3) is 0 Å². The van der Waals surface area contributed by atoms with Crippen LogP contribution in [0.15, 0.2) is 0 Å². The van der Waals surface area contributed by atoms with E-state index in [0.717, 1.165) is 0 Å². The van der Waals surface area contributed by atoms with Crippen molar-refractivity contribution in [1.29, 1.82) is 0 Å². The van der Waals surface area contributed by atoms with Gasteiger partial charge in [-0.25, -0.2) is 8.42 Å². The molecule has 1 aliphatic rings. The van der Waals surface area contributed by atoms with Crippen LogP contribution in [0.2, 0.25) is 0 Å². The number of carbonyl (C=O) groups excluding carboxylic acids is 1. The van der Waals surface area contributed by atoms with Crippen LogP contribution in [-0.4, -0.2) is 26.7 Å². The molecule has 2 atom stereocenters. The molecule has 4 nitrogen and oxygen atoms in total. The van der Waals surface area contributed by atoms with Gasteiger partial charge in [0.1, 0.15) is 0 Å². The Morgan fingerprint density at radius 3 is 2.54 bits per heavy atom. The molecule has 0 unspecified atom stereocenters. The minimum Gasteiger partial charge on any atom is -0.469 e. The largest absolute Gasteiger partial charge is 0.469 e. The van der Waals surface area contributed by atoms with Gasteiger partial charge in [-0.3, -0.25) is 4.79 Å². The predicted molar refractivity (Wildman–Crippen MR) is 47.9 cm³/mol. The second-order valence-electron chi connectivity index (χ2n) is 3.07. The van der Waals surface area contributed by atoms with E-state index in [9.17, 15) is 13.2 Å². The van der Waals surface area contributed by atoms with Crippen LogP contribution < -0.4 is 0 Å². The summed E-state index contributed by atoms with van der Waals surface area (Å²) >= 11 is 0. The van der Waals surface area contributed by atoms with Gasteiger partial charge in [0.05, 0.1) is 18.3 Å². The highest BCUT2D eigenvalue weighted by atomic mass is 35.7. The number of hydrogen-bond donors (Lipinski definition) is 0. The standard InChI is InChI=1S/C7H11ClO4S/c1-12-7(9)5-3-2-4-6(5)13(8,10)11/h5-6H,2-4H2,1H3/t5-,6-/m1/s1. The third-order valence-electron chi connectivity index (χ3n) is 2.32. The molecule has 0 aromatic carbocycles. The average Bonchev–Trinajstić information content (AvgIpc) is 2.49. The number of hydrogen-bond acceptors (Lipinski definition) is 4. The molecule has 0 aliphatic heterocycles. The Hall–Kier alpha value is -0.290. The second kappa shape index (κ2) is 3.84. The normalized spacial score (nSPS) is 28.8. The maximum atomic E-state index is 11.1. The molecule has 0 amide bonds. The average molecular weight is 227 g/mol. The molecule has 0 radical (unpaired) electrons. The van der Waals surface area contributed by atoms with Gasteiger partial charge in [0.2, 0.25) is 9.05 Å². The Labute approximate surface area is 81.6 Å². The quantitative estimate of drug-likeness (QED) is 0.519. The fraction of sp³-hybridized carbons (Fsp3) is 0.857. The summed E-state index contributed by atoms with van der Waals surface area (Å²) in [6, 6.07) is 0. The fourth-order valence-corrected chi connectivity index (χ4v) is 3.41. The maximum absolute atomic E-state index is 11.1. The highest BCUT2D eigenvalue weighted by Gasteiger charge is 2.41. The SMILES string of the molecule is COC(=O)[C@@H]1CCC[C@H]1S(=O)(=O)Cl. The Balaban J connectivity index is 2.82. The lowest BCUT2D eigenvalue weighted by molar-refractivity contribution is -0.145. The van der Waals surface area contributed by atoms with Crippen LogP contribution in [0.4, 0.5) is 0 Å². The first-order chi connectivity index (χ1) is 5.96. The summed E-state index contributed by atoms with van der Waals surface area (Å²) in [6.45, 7) is 0. The molecule has 1 rings (SSSR count). The molecule has 0 spiro atoms. The molecule has 76 valence electrons. The first-order valence-corrected chi connectivity index (χ1v) is 6.35. The number of methoxy groups -OCH3 is 1. The number of halogens is 1. The molecule has 1 saturated carbocycles. The monoisotopic (exact) mass is 226 g/mol. The second-order valence-corrected chi connectivity index (χ2v) is 5.92. The van der Waals surface area contributed by atoms with E-state index in [1.54, 1.807) is 0 Å². The number of esters is 1. The summed E-state index contributed by atoms with van der Waals surface area (Å²) in [5.41, 5.74) is 0. The lowest BCUT2D eigenvalue weighted by Crippen LogP contribution is -2.28. The fourth-order valence-electron chi connectivity index (χ4n) is 1.68. The molecule has 0 aromatic rings. The van der Waals surface area contributed by atoms with Gasteiger partial charge in [-0.15, -0.1) is 0 Å². The van der Waals surface area contributed by atoms with Gasteiger partial charge in [-0.2, -0.15) is 0 Å². The van der Waals surface area contributed by atoms with Crippen LogP contribution in [0.1, 0.15) is 19.3 Å². The lowest BCUT2D eigenvalue weighted by Gasteiger charge is -2.13. The Morgan fingerprint density at radius 1 is 1.46 bits per heavy atom. The van der Waals surface area contributed by atoms with Crippen molar-refractivity contribution < 1.29 is 17.9 Å². The molecule has 13 heavy (non-hydrogen) atoms. The smallest absolute Gasteiger partial charge is 0.310 e. The van der Waals surface area contributed by atoms with Gasteiger partial charge >= 0.3 is 5.97 Å². The minimum absolute atomic E-state index is 0.450. The van der Waals surface area contributed by atoms with E-state index in [4.69, 9.17) is 10.7 Å². The Bertz CT molecular complexity index is 298. The van der Waals surface area contributed by atoms with Crippen LogP contribution in [0.5, 0.6) is 0 Å². The molecule has 0 N–H and O–H groups in total. The molecular formula is C7H11ClO4S. The zero-order chi connectivity index (χ0) is 10.1. The van der Waals surface area contributed by atoms with Crippen molar-refractivity contribution in [3.05, 3.63) is 0 Å². The van der Waals surface area contributed by atoms with Crippen LogP contribution in [0, 0.1) is 5.92 Å². The third kappa shape index (κ3) is 2.34. The van der Waals surface area contributed by atoms with Crippen LogP contribution in [0.25, 0.3) is 0 Å². The lowest BCUT2D eigenvalue weighted by atomic mass is 10.1. The van der Waals surface area contributed by atoms with Gasteiger partial charge in [0, 0.05) is 10.7 Å². The molecule has 1 aliphatic carbocycles. The zero-order valence-corrected chi connectivity index (χ0v) is 8.77. The Kier molecular flexibility index (Phi) is 3.18. The summed E-state index contributed by atoms with van der Waals surface area (Å²) in [7, 11) is 2.81. The van der Waals surface area contributed by atoms with E-state index in [2.05, 4.69) is 4.74 Å². The zero-order valence-electron chi connectivity index (χ0n) is 7.20. The summed E-state index contributed by atoms with van der Waals surface area (Å²) in [5, 5.41) is -0.762. The van der Waals surface area contributed by atoms with Crippen molar-refractivity contribution in [3.8, 4) is 0 Å². The van der Waals surface area contributed by atoms with Crippen molar-refractivity contribution in [2.24, 2.45) is 5.92 Å². The van der Waals surface area contributed by atoms with E-state index >= 15 is 0 Å². The first-order valence-electron chi connectivity index (χ1n) is 3.98. The van der Waals surface area contributed by atoms with Gasteiger partial charge in [0.15, 0.2) is 0 Å². The first kappa shape index (κ1) is 10.8. The van der Waals surface area contributed by atoms with Crippen LogP contribution in [-0.2, 0) is 18.6 Å². The molecule has 0 saturated heterocycles. The number of rotatable bonds is 2. The highest BCUT2D eigenvalue weighted by molar-refractivity contribution is 8.14. The summed E-state index contributed by atoms with van der Waals surface area (Å²) in [5.74, 6) is -1.06. The van der Waals surface area contributed by atoms with E-state index in [0.29, 0.717) is 19.3 Å². The topological polar surface area (TPSA) is 60.4 Å². The Morgan fingerprint density at radius 2 is 2.08 bits per heavy atom. The van der Waals surface area contributed by atoms with Gasteiger partial charge in [-0.1, -0.05) is 6.42 Å². The predicted octanol–water partition coefficient (Wildman–Crippen LogP) is 0.897. The van der Waals surface area contributed by atoms with E-state index in [-0.39, 0.29) is 0 Å². The summed E-state index contributed by atoms with van der Waals surface area (Å²) < 4.78 is 26.5. The van der Waals surface area contributed by atoms with Crippen molar-refractivity contribution in [2.45, 2.75) is 24.5 Å². The maximum Gasteiger partial charge on any atom is 0.310 e. The molecule has 6 heteroatoms. The molecule has 0 aromatic heterocycles. The molecular weight excluding hydrogens is 216 g/mol. The van der Waals surface area contributed by atoms with E-state index < -0.39 is 26.2 Å². The van der Waals surface area contributed by atoms with Gasteiger partial charge < -0.3 is 4.74 Å². The molecule has 0 heterocycles. The molecule has 1 fully saturated rings. The molecule has 0 bridgehead atoms. The van der Waals surface area contributed by atoms with Crippen molar-refractivity contribution in [2.75, 3.05) is 7.11 Å². The van der Waals surface area contributed by atoms with Crippen molar-refractivity contribution in [3.63, 3.8) is 0 Å². The number of ether oxygens (including phenoxy) is 1. The van der Waals surface area contributed by atoms with Gasteiger partial charge in [-0.05, 0) is 12.8 Å².